The van der Waals surface area contributed by atoms with E-state index >= 15 is 0 Å². The third-order valence-electron chi connectivity index (χ3n) is 5.90. The molecule has 3 aromatic rings. The number of aromatic nitrogens is 1. The lowest BCUT2D eigenvalue weighted by Gasteiger charge is -2.30. The van der Waals surface area contributed by atoms with Crippen LogP contribution in [0.15, 0.2) is 59.4 Å². The topological polar surface area (TPSA) is 57.4 Å². The number of fused-ring (bicyclic) bond motifs is 1. The Balaban J connectivity index is 1.57. The van der Waals surface area contributed by atoms with Gasteiger partial charge in [0.25, 0.3) is 5.56 Å². The van der Waals surface area contributed by atoms with E-state index in [1.54, 1.807) is 0 Å². The van der Waals surface area contributed by atoms with Crippen molar-refractivity contribution in [1.82, 2.24) is 15.2 Å². The Morgan fingerprint density at radius 2 is 2.06 bits per heavy atom. The molecule has 2 unspecified atom stereocenters. The molecule has 0 radical (unpaired) electrons. The van der Waals surface area contributed by atoms with Crippen molar-refractivity contribution in [3.05, 3.63) is 81.6 Å². The third kappa shape index (κ3) is 5.14. The summed E-state index contributed by atoms with van der Waals surface area (Å²) in [5.74, 6) is 0. The van der Waals surface area contributed by atoms with Gasteiger partial charge in [0.1, 0.15) is 0 Å². The number of pyridine rings is 1. The number of para-hydroxylation sites is 1. The van der Waals surface area contributed by atoms with Crippen LogP contribution in [-0.2, 0) is 11.3 Å². The van der Waals surface area contributed by atoms with E-state index in [0.29, 0.717) is 23.8 Å². The fourth-order valence-corrected chi connectivity index (χ4v) is 4.42. The molecule has 31 heavy (non-hydrogen) atoms. The Labute approximate surface area is 188 Å². The molecule has 0 amide bonds. The molecule has 6 heteroatoms. The second-order valence-electron chi connectivity index (χ2n) is 8.26. The van der Waals surface area contributed by atoms with Crippen molar-refractivity contribution in [2.75, 3.05) is 13.2 Å². The van der Waals surface area contributed by atoms with E-state index in [1.165, 1.54) is 5.56 Å². The van der Waals surface area contributed by atoms with Crippen LogP contribution in [-0.4, -0.2) is 34.3 Å². The van der Waals surface area contributed by atoms with Crippen molar-refractivity contribution in [3.8, 4) is 0 Å². The summed E-state index contributed by atoms with van der Waals surface area (Å²) in [6.07, 6.45) is 2.21. The summed E-state index contributed by atoms with van der Waals surface area (Å²) in [5, 5.41) is 5.11. The Hall–Kier alpha value is -2.70. The molecular formula is C25H29N3O2S. The van der Waals surface area contributed by atoms with Crippen LogP contribution in [0.4, 0.5) is 0 Å². The molecule has 5 nitrogen and oxygen atoms in total. The van der Waals surface area contributed by atoms with Crippen LogP contribution in [0.25, 0.3) is 10.9 Å². The van der Waals surface area contributed by atoms with Crippen LogP contribution in [0.5, 0.6) is 0 Å². The van der Waals surface area contributed by atoms with Crippen LogP contribution in [0.3, 0.4) is 0 Å². The van der Waals surface area contributed by atoms with Crippen LogP contribution in [0.1, 0.15) is 42.5 Å². The van der Waals surface area contributed by atoms with Crippen molar-refractivity contribution < 1.29 is 4.74 Å². The van der Waals surface area contributed by atoms with Gasteiger partial charge in [0, 0.05) is 18.7 Å². The lowest BCUT2D eigenvalue weighted by molar-refractivity contribution is 0.0895. The summed E-state index contributed by atoms with van der Waals surface area (Å²) < 4.78 is 5.86. The summed E-state index contributed by atoms with van der Waals surface area (Å²) in [6, 6.07) is 18.3. The van der Waals surface area contributed by atoms with E-state index in [9.17, 15) is 4.79 Å². The maximum absolute atomic E-state index is 12.8. The maximum atomic E-state index is 12.8. The van der Waals surface area contributed by atoms with E-state index in [2.05, 4.69) is 34.3 Å². The zero-order valence-corrected chi connectivity index (χ0v) is 18.9. The monoisotopic (exact) mass is 435 g/mol. The normalized spacial score (nSPS) is 16.9. The van der Waals surface area contributed by atoms with Gasteiger partial charge in [-0.05, 0) is 61.5 Å². The second kappa shape index (κ2) is 9.62. The minimum Gasteiger partial charge on any atom is -0.376 e. The van der Waals surface area contributed by atoms with E-state index in [-0.39, 0.29) is 17.7 Å². The first-order chi connectivity index (χ1) is 15.0. The molecule has 1 aromatic heterocycles. The Morgan fingerprint density at radius 1 is 1.26 bits per heavy atom. The van der Waals surface area contributed by atoms with Gasteiger partial charge in [0.15, 0.2) is 5.11 Å². The van der Waals surface area contributed by atoms with E-state index in [1.807, 2.05) is 49.4 Å². The van der Waals surface area contributed by atoms with E-state index in [4.69, 9.17) is 17.0 Å². The van der Waals surface area contributed by atoms with Gasteiger partial charge < -0.3 is 19.9 Å². The molecule has 1 fully saturated rings. The fraction of sp³-hybridized carbons (Fsp3) is 0.360. The molecule has 1 aliphatic heterocycles. The number of H-pyrrole nitrogens is 1. The number of aromatic amines is 1. The highest BCUT2D eigenvalue weighted by molar-refractivity contribution is 7.80. The first kappa shape index (κ1) is 21.5. The number of ether oxygens (including phenoxy) is 1. The molecule has 0 saturated carbocycles. The number of nitrogens with zero attached hydrogens (tertiary/aromatic N) is 1. The predicted octanol–water partition coefficient (Wildman–Crippen LogP) is 4.45. The number of hydrogen-bond acceptors (Lipinski definition) is 3. The molecule has 4 rings (SSSR count). The standard InChI is InChI=1S/C25H29N3O2S/c1-17-8-6-11-20-14-21(24(29)27-23(17)20)15-28(16-22-12-7-13-30-22)25(31)26-18(2)19-9-4-3-5-10-19/h3-6,8-11,14,18,22H,7,12-13,15-16H2,1-2H3,(H,26,31)(H,27,29). The highest BCUT2D eigenvalue weighted by atomic mass is 32.1. The van der Waals surface area contributed by atoms with Gasteiger partial charge in [-0.15, -0.1) is 0 Å². The summed E-state index contributed by atoms with van der Waals surface area (Å²) in [7, 11) is 0. The van der Waals surface area contributed by atoms with Crippen LogP contribution in [0, 0.1) is 6.92 Å². The number of benzene rings is 2. The average Bonchev–Trinajstić information content (AvgIpc) is 3.28. The lowest BCUT2D eigenvalue weighted by Crippen LogP contribution is -2.44. The highest BCUT2D eigenvalue weighted by Crippen LogP contribution is 2.19. The van der Waals surface area contributed by atoms with Crippen LogP contribution >= 0.6 is 12.2 Å². The third-order valence-corrected chi connectivity index (χ3v) is 6.28. The highest BCUT2D eigenvalue weighted by Gasteiger charge is 2.23. The van der Waals surface area contributed by atoms with Gasteiger partial charge in [-0.2, -0.15) is 0 Å². The number of rotatable bonds is 6. The summed E-state index contributed by atoms with van der Waals surface area (Å²) >= 11 is 5.79. The van der Waals surface area contributed by atoms with Crippen LogP contribution < -0.4 is 10.9 Å². The molecule has 0 aliphatic carbocycles. The van der Waals surface area contributed by atoms with Crippen molar-refractivity contribution in [1.29, 1.82) is 0 Å². The van der Waals surface area contributed by atoms with E-state index < -0.39 is 0 Å². The van der Waals surface area contributed by atoms with Gasteiger partial charge in [0.2, 0.25) is 0 Å². The number of hydrogen-bond donors (Lipinski definition) is 2. The number of aryl methyl sites for hydroxylation is 1. The van der Waals surface area contributed by atoms with Gasteiger partial charge in [-0.3, -0.25) is 4.79 Å². The first-order valence-electron chi connectivity index (χ1n) is 10.8. The SMILES string of the molecule is Cc1cccc2cc(CN(CC3CCCO3)C(=S)NC(C)c3ccccc3)c(=O)[nH]c12. The van der Waals surface area contributed by atoms with Gasteiger partial charge in [-0.25, -0.2) is 0 Å². The molecule has 2 aromatic carbocycles. The molecule has 1 aliphatic rings. The zero-order chi connectivity index (χ0) is 21.8. The molecule has 1 saturated heterocycles. The summed E-state index contributed by atoms with van der Waals surface area (Å²) in [4.78, 5) is 18.0. The summed E-state index contributed by atoms with van der Waals surface area (Å²) in [5.41, 5.74) is 3.75. The maximum Gasteiger partial charge on any atom is 0.253 e. The number of thiocarbonyl (C=S) groups is 1. The smallest absolute Gasteiger partial charge is 0.253 e. The van der Waals surface area contributed by atoms with Gasteiger partial charge in [0.05, 0.1) is 24.2 Å². The van der Waals surface area contributed by atoms with Crippen molar-refractivity contribution >= 4 is 28.2 Å². The minimum atomic E-state index is -0.0713. The molecule has 2 atom stereocenters. The summed E-state index contributed by atoms with van der Waals surface area (Å²) in [6.45, 7) is 5.99. The van der Waals surface area contributed by atoms with Crippen molar-refractivity contribution in [3.63, 3.8) is 0 Å². The quantitative estimate of drug-likeness (QED) is 0.560. The van der Waals surface area contributed by atoms with Gasteiger partial charge in [-0.1, -0.05) is 48.5 Å². The Bertz CT molecular complexity index is 1110. The van der Waals surface area contributed by atoms with E-state index in [0.717, 1.165) is 35.9 Å². The molecule has 2 N–H and O–H groups in total. The largest absolute Gasteiger partial charge is 0.376 e. The molecule has 162 valence electrons. The zero-order valence-electron chi connectivity index (χ0n) is 18.1. The molecule has 2 heterocycles. The van der Waals surface area contributed by atoms with Crippen molar-refractivity contribution in [2.45, 2.75) is 45.4 Å². The first-order valence-corrected chi connectivity index (χ1v) is 11.3. The fourth-order valence-electron chi connectivity index (χ4n) is 4.11. The Kier molecular flexibility index (Phi) is 6.68. The molecule has 0 spiro atoms. The second-order valence-corrected chi connectivity index (χ2v) is 8.65. The van der Waals surface area contributed by atoms with Crippen molar-refractivity contribution in [2.24, 2.45) is 0 Å². The minimum absolute atomic E-state index is 0.0678. The number of nitrogens with one attached hydrogen (secondary N) is 2. The molecule has 0 bridgehead atoms. The molecular weight excluding hydrogens is 406 g/mol. The Morgan fingerprint density at radius 3 is 2.81 bits per heavy atom. The van der Waals surface area contributed by atoms with Gasteiger partial charge >= 0.3 is 0 Å². The predicted molar refractivity (Wildman–Crippen MR) is 129 cm³/mol. The average molecular weight is 436 g/mol. The van der Waals surface area contributed by atoms with Crippen LogP contribution in [0.2, 0.25) is 0 Å². The lowest BCUT2D eigenvalue weighted by atomic mass is 10.1.